The molecule has 1 aliphatic rings. The molecule has 3 aromatic carbocycles. The second-order valence-electron chi connectivity index (χ2n) is 12.3. The first-order chi connectivity index (χ1) is 21.6. The lowest BCUT2D eigenvalue weighted by atomic mass is 9.82. The molecule has 0 unspecified atom stereocenters. The Labute approximate surface area is 261 Å². The molecule has 5 aromatic rings. The number of imidazole rings is 1. The van der Waals surface area contributed by atoms with Crippen LogP contribution in [-0.4, -0.2) is 43.0 Å². The molecule has 6 rings (SSSR count). The lowest BCUT2D eigenvalue weighted by Gasteiger charge is -2.25. The van der Waals surface area contributed by atoms with Crippen molar-refractivity contribution in [3.63, 3.8) is 0 Å². The number of benzene rings is 3. The standard InChI is InChI=1S/C36H37N5O4/c1-36(2,35(45)37-25-17-13-22(14-18-25)15-20-30(42)43)40-34(44)24-16-19-26-29(21-24)41(3)32(31(26)23-9-5-4-6-10-23)33-38-27-11-7-8-12-28(27)39-33/h7-8,11-21,23H,4-6,9-10H2,1-3H3,(H,37,45)(H,38,39)(H,40,44)(H,42,43)/b20-15+. The molecule has 2 amide bonds. The second kappa shape index (κ2) is 12.1. The maximum atomic E-state index is 13.6. The van der Waals surface area contributed by atoms with Crippen LogP contribution in [0.1, 0.15) is 73.4 Å². The van der Waals surface area contributed by atoms with Crippen LogP contribution in [-0.2, 0) is 16.6 Å². The van der Waals surface area contributed by atoms with E-state index in [1.807, 2.05) is 49.5 Å². The Hall–Kier alpha value is -5.18. The number of carbonyl (C=O) groups excluding carboxylic acids is 2. The molecule has 1 fully saturated rings. The van der Waals surface area contributed by atoms with E-state index >= 15 is 0 Å². The van der Waals surface area contributed by atoms with Crippen molar-refractivity contribution in [2.45, 2.75) is 57.4 Å². The molecule has 2 aromatic heterocycles. The van der Waals surface area contributed by atoms with Gasteiger partial charge in [-0.05, 0) is 86.2 Å². The first-order valence-corrected chi connectivity index (χ1v) is 15.3. The smallest absolute Gasteiger partial charge is 0.328 e. The van der Waals surface area contributed by atoms with Crippen molar-refractivity contribution in [2.75, 3.05) is 5.32 Å². The number of carboxylic acids is 1. The predicted octanol–water partition coefficient (Wildman–Crippen LogP) is 7.01. The van der Waals surface area contributed by atoms with Crippen molar-refractivity contribution in [1.82, 2.24) is 19.9 Å². The van der Waals surface area contributed by atoms with Crippen LogP contribution in [0.25, 0.3) is 39.5 Å². The zero-order valence-corrected chi connectivity index (χ0v) is 25.7. The van der Waals surface area contributed by atoms with Gasteiger partial charge in [0.15, 0.2) is 5.82 Å². The van der Waals surface area contributed by atoms with Gasteiger partial charge in [-0.1, -0.05) is 49.6 Å². The number of nitrogens with one attached hydrogen (secondary N) is 3. The lowest BCUT2D eigenvalue weighted by Crippen LogP contribution is -2.52. The van der Waals surface area contributed by atoms with Gasteiger partial charge in [-0.3, -0.25) is 9.59 Å². The quantitative estimate of drug-likeness (QED) is 0.142. The summed E-state index contributed by atoms with van der Waals surface area (Å²) >= 11 is 0. The number of fused-ring (bicyclic) bond motifs is 2. The number of aliphatic carboxylic acids is 1. The summed E-state index contributed by atoms with van der Waals surface area (Å²) in [5, 5.41) is 15.7. The molecule has 4 N–H and O–H groups in total. The van der Waals surface area contributed by atoms with Crippen LogP contribution in [0.15, 0.2) is 72.8 Å². The van der Waals surface area contributed by atoms with Crippen molar-refractivity contribution < 1.29 is 19.5 Å². The molecule has 9 nitrogen and oxygen atoms in total. The monoisotopic (exact) mass is 603 g/mol. The van der Waals surface area contributed by atoms with Gasteiger partial charge in [0.1, 0.15) is 5.54 Å². The number of aryl methyl sites for hydroxylation is 1. The number of carbonyl (C=O) groups is 3. The Morgan fingerprint density at radius 3 is 2.44 bits per heavy atom. The first kappa shape index (κ1) is 29.9. The third kappa shape index (κ3) is 6.11. The van der Waals surface area contributed by atoms with E-state index < -0.39 is 11.5 Å². The van der Waals surface area contributed by atoms with Gasteiger partial charge in [-0.2, -0.15) is 0 Å². The van der Waals surface area contributed by atoms with Gasteiger partial charge in [0.05, 0.1) is 16.7 Å². The van der Waals surface area contributed by atoms with Crippen LogP contribution in [0.3, 0.4) is 0 Å². The molecule has 1 saturated carbocycles. The van der Waals surface area contributed by atoms with Crippen LogP contribution < -0.4 is 10.6 Å². The summed E-state index contributed by atoms with van der Waals surface area (Å²) in [6.45, 7) is 3.32. The number of aromatic nitrogens is 3. The van der Waals surface area contributed by atoms with Crippen LogP contribution in [0.2, 0.25) is 0 Å². The average molecular weight is 604 g/mol. The van der Waals surface area contributed by atoms with Gasteiger partial charge in [-0.15, -0.1) is 0 Å². The molecule has 0 saturated heterocycles. The van der Waals surface area contributed by atoms with E-state index in [0.717, 1.165) is 52.4 Å². The maximum absolute atomic E-state index is 13.6. The number of hydrogen-bond donors (Lipinski definition) is 4. The van der Waals surface area contributed by atoms with Crippen molar-refractivity contribution in [3.05, 3.63) is 89.5 Å². The number of para-hydroxylation sites is 2. The highest BCUT2D eigenvalue weighted by Crippen LogP contribution is 2.43. The highest BCUT2D eigenvalue weighted by atomic mass is 16.4. The average Bonchev–Trinajstić information content (AvgIpc) is 3.59. The van der Waals surface area contributed by atoms with Crippen molar-refractivity contribution in [1.29, 1.82) is 0 Å². The molecule has 0 aliphatic heterocycles. The normalized spacial score (nSPS) is 14.3. The van der Waals surface area contributed by atoms with E-state index in [2.05, 4.69) is 20.2 Å². The number of rotatable bonds is 8. The SMILES string of the molecule is Cn1c(-c2nc3ccccc3[nH]2)c(C2CCCCC2)c2ccc(C(=O)NC(C)(C)C(=O)Nc3ccc(/C=C/C(=O)O)cc3)cc21. The topological polar surface area (TPSA) is 129 Å². The molecule has 0 spiro atoms. The van der Waals surface area contributed by atoms with Crippen LogP contribution in [0.4, 0.5) is 5.69 Å². The van der Waals surface area contributed by atoms with Gasteiger partial charge in [-0.25, -0.2) is 9.78 Å². The maximum Gasteiger partial charge on any atom is 0.328 e. The first-order valence-electron chi connectivity index (χ1n) is 15.3. The van der Waals surface area contributed by atoms with Crippen LogP contribution >= 0.6 is 0 Å². The van der Waals surface area contributed by atoms with Gasteiger partial charge in [0, 0.05) is 35.3 Å². The van der Waals surface area contributed by atoms with Gasteiger partial charge < -0.3 is 25.3 Å². The predicted molar refractivity (Wildman–Crippen MR) is 177 cm³/mol. The van der Waals surface area contributed by atoms with Crippen molar-refractivity contribution in [2.24, 2.45) is 7.05 Å². The number of nitrogens with zero attached hydrogens (tertiary/aromatic N) is 2. The van der Waals surface area contributed by atoms with E-state index in [1.165, 1.54) is 30.9 Å². The van der Waals surface area contributed by atoms with E-state index in [9.17, 15) is 14.4 Å². The van der Waals surface area contributed by atoms with E-state index in [1.54, 1.807) is 38.1 Å². The number of amides is 2. The van der Waals surface area contributed by atoms with Crippen LogP contribution in [0, 0.1) is 0 Å². The summed E-state index contributed by atoms with van der Waals surface area (Å²) in [5.41, 5.74) is 5.65. The molecule has 9 heteroatoms. The molecular formula is C36H37N5O4. The van der Waals surface area contributed by atoms with Gasteiger partial charge in [0.2, 0.25) is 5.91 Å². The molecule has 45 heavy (non-hydrogen) atoms. The summed E-state index contributed by atoms with van der Waals surface area (Å²) < 4.78 is 2.14. The molecule has 0 atom stereocenters. The fourth-order valence-corrected chi connectivity index (χ4v) is 6.31. The number of anilines is 1. The molecule has 0 bridgehead atoms. The van der Waals surface area contributed by atoms with Crippen molar-refractivity contribution >= 4 is 51.5 Å². The largest absolute Gasteiger partial charge is 0.478 e. The Morgan fingerprint density at radius 2 is 1.73 bits per heavy atom. The number of carboxylic acid groups (broad SMARTS) is 1. The molecule has 2 heterocycles. The fourth-order valence-electron chi connectivity index (χ4n) is 6.31. The minimum absolute atomic E-state index is 0.350. The second-order valence-corrected chi connectivity index (χ2v) is 12.3. The summed E-state index contributed by atoms with van der Waals surface area (Å²) in [5.74, 6) is -0.527. The molecule has 1 aliphatic carbocycles. The van der Waals surface area contributed by atoms with E-state index in [4.69, 9.17) is 10.1 Å². The third-order valence-corrected chi connectivity index (χ3v) is 8.71. The zero-order valence-electron chi connectivity index (χ0n) is 25.7. The van der Waals surface area contributed by atoms with Gasteiger partial charge in [0.25, 0.3) is 5.91 Å². The Balaban J connectivity index is 1.27. The van der Waals surface area contributed by atoms with Crippen LogP contribution in [0.5, 0.6) is 0 Å². The third-order valence-electron chi connectivity index (χ3n) is 8.71. The highest BCUT2D eigenvalue weighted by molar-refractivity contribution is 6.05. The minimum Gasteiger partial charge on any atom is -0.478 e. The zero-order chi connectivity index (χ0) is 31.7. The van der Waals surface area contributed by atoms with E-state index in [-0.39, 0.29) is 11.8 Å². The number of aromatic amines is 1. The summed E-state index contributed by atoms with van der Waals surface area (Å²) in [4.78, 5) is 46.0. The Morgan fingerprint density at radius 1 is 1.00 bits per heavy atom. The summed E-state index contributed by atoms with van der Waals surface area (Å²) in [6.07, 6.45) is 8.42. The molecule has 0 radical (unpaired) electrons. The minimum atomic E-state index is -1.21. The van der Waals surface area contributed by atoms with Gasteiger partial charge >= 0.3 is 5.97 Å². The molecule has 230 valence electrons. The molecular weight excluding hydrogens is 566 g/mol. The summed E-state index contributed by atoms with van der Waals surface area (Å²) in [6, 6.07) is 20.6. The number of H-pyrrole nitrogens is 1. The summed E-state index contributed by atoms with van der Waals surface area (Å²) in [7, 11) is 2.03. The Kier molecular flexibility index (Phi) is 8.01. The number of hydrogen-bond acceptors (Lipinski definition) is 4. The highest BCUT2D eigenvalue weighted by Gasteiger charge is 2.31. The lowest BCUT2D eigenvalue weighted by molar-refractivity contribution is -0.131. The Bertz CT molecular complexity index is 1910. The fraction of sp³-hybridized carbons (Fsp3) is 0.278. The van der Waals surface area contributed by atoms with E-state index in [0.29, 0.717) is 22.7 Å². The van der Waals surface area contributed by atoms with Crippen molar-refractivity contribution in [3.8, 4) is 11.5 Å².